The van der Waals surface area contributed by atoms with Crippen LogP contribution in [0.25, 0.3) is 0 Å². The molecule has 1 aromatic carbocycles. The van der Waals surface area contributed by atoms with E-state index in [1.54, 1.807) is 6.34 Å². The number of nitrogens with one attached hydrogen (secondary N) is 1. The molecule has 22 heavy (non-hydrogen) atoms. The first-order chi connectivity index (χ1) is 10.4. The molecule has 0 aliphatic carbocycles. The Labute approximate surface area is 133 Å². The Morgan fingerprint density at radius 1 is 1.14 bits per heavy atom. The molecular weight excluding hydrogens is 272 g/mol. The highest BCUT2D eigenvalue weighted by molar-refractivity contribution is 5.89. The molecule has 2 aliphatic heterocycles. The van der Waals surface area contributed by atoms with Gasteiger partial charge >= 0.3 is 5.79 Å². The summed E-state index contributed by atoms with van der Waals surface area (Å²) in [6.07, 6.45) is 4.63. The Hall–Kier alpha value is -1.52. The normalized spacial score (nSPS) is 29.3. The minimum absolute atomic E-state index is 0.260. The first-order valence-corrected chi connectivity index (χ1v) is 8.28. The number of fused-ring (bicyclic) bond motifs is 1. The number of aliphatic imine (C=N–C) groups is 2. The topological polar surface area (TPSA) is 46.7 Å². The molecule has 1 saturated heterocycles. The van der Waals surface area contributed by atoms with Crippen molar-refractivity contribution in [2.24, 2.45) is 9.98 Å². The minimum Gasteiger partial charge on any atom is -0.191 e. The average Bonchev–Trinajstić information content (AvgIpc) is 3.16. The number of nitrogens with zero attached hydrogens (tertiary/aromatic N) is 3. The van der Waals surface area contributed by atoms with Gasteiger partial charge < -0.3 is 0 Å². The Morgan fingerprint density at radius 3 is 2.23 bits per heavy atom. The predicted octanol–water partition coefficient (Wildman–Crippen LogP) is 4.20. The smallest absolute Gasteiger partial charge is 0.191 e. The molecule has 2 unspecified atom stereocenters. The van der Waals surface area contributed by atoms with Gasteiger partial charge in [-0.1, -0.05) is 45.6 Å². The number of benzene rings is 1. The van der Waals surface area contributed by atoms with Crippen molar-refractivity contribution in [3.63, 3.8) is 0 Å². The van der Waals surface area contributed by atoms with Crippen molar-refractivity contribution in [2.45, 2.75) is 65.6 Å². The van der Waals surface area contributed by atoms with Gasteiger partial charge in [0.05, 0.1) is 0 Å². The van der Waals surface area contributed by atoms with Crippen molar-refractivity contribution < 1.29 is 0 Å². The van der Waals surface area contributed by atoms with Gasteiger partial charge in [0.1, 0.15) is 6.34 Å². The van der Waals surface area contributed by atoms with E-state index in [9.17, 15) is 0 Å². The number of aryl methyl sites for hydroxylation is 1. The maximum atomic E-state index is 4.66. The quantitative estimate of drug-likeness (QED) is 0.657. The lowest BCUT2D eigenvalue weighted by atomic mass is 9.89. The summed E-state index contributed by atoms with van der Waals surface area (Å²) in [6.45, 7) is 13.4. The molecule has 1 N–H and O–H groups in total. The fraction of sp³-hybridized carbons (Fsp3) is 0.556. The second kappa shape index (κ2) is 5.00. The zero-order chi connectivity index (χ0) is 16.1. The predicted molar refractivity (Wildman–Crippen MR) is 94.3 cm³/mol. The lowest BCUT2D eigenvalue weighted by Crippen LogP contribution is -2.38. The summed E-state index contributed by atoms with van der Waals surface area (Å²) in [5.41, 5.74) is 9.10. The second-order valence-electron chi connectivity index (χ2n) is 7.12. The Kier molecular flexibility index (Phi) is 3.49. The van der Waals surface area contributed by atoms with Crippen LogP contribution in [0.5, 0.6) is 0 Å². The summed E-state index contributed by atoms with van der Waals surface area (Å²) in [7, 11) is 0. The summed E-state index contributed by atoms with van der Waals surface area (Å²) >= 11 is 0. The third-order valence-electron chi connectivity index (χ3n) is 4.87. The Balaban J connectivity index is 2.27. The molecule has 4 nitrogen and oxygen atoms in total. The van der Waals surface area contributed by atoms with Crippen LogP contribution in [0, 0.1) is 6.92 Å². The fourth-order valence-corrected chi connectivity index (χ4v) is 3.60. The maximum Gasteiger partial charge on any atom is 0.322 e. The van der Waals surface area contributed by atoms with Crippen molar-refractivity contribution >= 4 is 18.4 Å². The third kappa shape index (κ3) is 1.97. The van der Waals surface area contributed by atoms with Crippen LogP contribution in [-0.4, -0.2) is 18.5 Å². The van der Waals surface area contributed by atoms with Crippen LogP contribution in [0.2, 0.25) is 0 Å². The van der Waals surface area contributed by atoms with Gasteiger partial charge in [0.2, 0.25) is 6.34 Å². The Morgan fingerprint density at radius 2 is 1.73 bits per heavy atom. The molecule has 1 fully saturated rings. The lowest BCUT2D eigenvalue weighted by Gasteiger charge is -2.25. The van der Waals surface area contributed by atoms with Crippen LogP contribution < -0.4 is 10.0 Å². The van der Waals surface area contributed by atoms with Crippen LogP contribution in [0.15, 0.2) is 22.1 Å². The van der Waals surface area contributed by atoms with E-state index in [0.717, 1.165) is 6.42 Å². The van der Waals surface area contributed by atoms with Gasteiger partial charge in [-0.2, -0.15) is 9.98 Å². The van der Waals surface area contributed by atoms with E-state index in [0.29, 0.717) is 16.4 Å². The second-order valence-corrected chi connectivity index (χ2v) is 7.12. The molecule has 0 spiro atoms. The summed E-state index contributed by atoms with van der Waals surface area (Å²) in [5.74, 6) is 0.678. The van der Waals surface area contributed by atoms with Gasteiger partial charge in [0.25, 0.3) is 0 Å². The zero-order valence-electron chi connectivity index (χ0n) is 14.5. The van der Waals surface area contributed by atoms with Gasteiger partial charge in [-0.3, -0.25) is 0 Å². The van der Waals surface area contributed by atoms with Crippen LogP contribution >= 0.6 is 0 Å². The van der Waals surface area contributed by atoms with Crippen LogP contribution in [-0.2, 0) is 0 Å². The third-order valence-corrected chi connectivity index (χ3v) is 4.87. The SMILES string of the molecule is CCC12N=CN=C[N+]1(c1c(C(C)C)cc(C)cc1C(C)C)N2. The molecule has 0 radical (unpaired) electrons. The molecule has 0 bridgehead atoms. The molecule has 0 amide bonds. The van der Waals surface area contributed by atoms with Crippen molar-refractivity contribution in [2.75, 3.05) is 0 Å². The van der Waals surface area contributed by atoms with Crippen molar-refractivity contribution in [1.29, 1.82) is 0 Å². The Bertz CT molecular complexity index is 630. The van der Waals surface area contributed by atoms with Gasteiger partial charge in [-0.25, -0.2) is 0 Å². The summed E-state index contributed by atoms with van der Waals surface area (Å²) in [5, 5.41) is 0. The zero-order valence-corrected chi connectivity index (χ0v) is 14.5. The van der Waals surface area contributed by atoms with Gasteiger partial charge in [-0.05, 0) is 30.9 Å². The monoisotopic (exact) mass is 299 g/mol. The van der Waals surface area contributed by atoms with Gasteiger partial charge in [0.15, 0.2) is 5.69 Å². The van der Waals surface area contributed by atoms with E-state index in [1.165, 1.54) is 22.4 Å². The first kappa shape index (κ1) is 15.4. The van der Waals surface area contributed by atoms with Crippen LogP contribution in [0.3, 0.4) is 0 Å². The lowest BCUT2D eigenvalue weighted by molar-refractivity contribution is 0.512. The number of quaternary nitrogens is 1. The molecule has 2 heterocycles. The van der Waals surface area contributed by atoms with E-state index < -0.39 is 0 Å². The number of rotatable bonds is 4. The standard InChI is InChI=1S/C18H27N4/c1-7-18-20-10-19-11-22(18,21-18)17-15(12(2)3)8-14(6)9-16(17)13(4)5/h8-13,21H,7H2,1-6H3/q+1. The van der Waals surface area contributed by atoms with E-state index in [-0.39, 0.29) is 5.79 Å². The maximum absolute atomic E-state index is 4.66. The summed E-state index contributed by atoms with van der Waals surface area (Å²) in [6, 6.07) is 4.65. The van der Waals surface area contributed by atoms with E-state index in [4.69, 9.17) is 0 Å². The highest BCUT2D eigenvalue weighted by atomic mass is 16.0. The van der Waals surface area contributed by atoms with Crippen molar-refractivity contribution in [1.82, 2.24) is 10.0 Å². The molecule has 0 aromatic heterocycles. The molecular formula is C18H27N4+. The van der Waals surface area contributed by atoms with Crippen molar-refractivity contribution in [3.05, 3.63) is 28.8 Å². The highest BCUT2D eigenvalue weighted by Crippen LogP contribution is 2.51. The minimum atomic E-state index is -0.260. The molecule has 1 aromatic rings. The summed E-state index contributed by atoms with van der Waals surface area (Å²) in [4.78, 5) is 9.02. The molecule has 118 valence electrons. The summed E-state index contributed by atoms with van der Waals surface area (Å²) < 4.78 is 0.571. The van der Waals surface area contributed by atoms with Gasteiger partial charge in [-0.15, -0.1) is 4.59 Å². The molecule has 2 atom stereocenters. The first-order valence-electron chi connectivity index (χ1n) is 8.28. The molecule has 0 saturated carbocycles. The largest absolute Gasteiger partial charge is 0.322 e. The van der Waals surface area contributed by atoms with Crippen LogP contribution in [0.1, 0.15) is 69.6 Å². The van der Waals surface area contributed by atoms with E-state index in [1.807, 2.05) is 6.34 Å². The molecule has 4 heteroatoms. The fourth-order valence-electron chi connectivity index (χ4n) is 3.60. The molecule has 2 aliphatic rings. The van der Waals surface area contributed by atoms with E-state index in [2.05, 4.69) is 69.1 Å². The number of hydrogen-bond donors (Lipinski definition) is 1. The highest BCUT2D eigenvalue weighted by Gasteiger charge is 2.73. The van der Waals surface area contributed by atoms with Crippen molar-refractivity contribution in [3.8, 4) is 0 Å². The van der Waals surface area contributed by atoms with Crippen LogP contribution in [0.4, 0.5) is 5.69 Å². The number of hydrogen-bond acceptors (Lipinski definition) is 3. The average molecular weight is 299 g/mol. The van der Waals surface area contributed by atoms with Gasteiger partial charge in [0, 0.05) is 17.5 Å². The van der Waals surface area contributed by atoms with E-state index >= 15 is 0 Å². The molecule has 3 rings (SSSR count).